The van der Waals surface area contributed by atoms with Crippen LogP contribution in [0.5, 0.6) is 0 Å². The fraction of sp³-hybridized carbons (Fsp3) is 0.478. The van der Waals surface area contributed by atoms with Crippen molar-refractivity contribution in [2.75, 3.05) is 0 Å². The van der Waals surface area contributed by atoms with Gasteiger partial charge in [-0.15, -0.1) is 0 Å². The van der Waals surface area contributed by atoms with Crippen molar-refractivity contribution < 1.29 is 38.0 Å². The lowest BCUT2D eigenvalue weighted by Gasteiger charge is -2.48. The molecular weight excluding hydrogens is 711 g/mol. The van der Waals surface area contributed by atoms with E-state index < -0.39 is 49.9 Å². The fourth-order valence-corrected chi connectivity index (χ4v) is 9.60. The van der Waals surface area contributed by atoms with Crippen molar-refractivity contribution in [3.8, 4) is 0 Å². The Kier molecular flexibility index (Phi) is 16.5. The van der Waals surface area contributed by atoms with Crippen LogP contribution in [-0.2, 0) is 54.5 Å². The molecule has 0 aliphatic heterocycles. The third kappa shape index (κ3) is 12.7. The average molecular weight is 771 g/mol. The lowest BCUT2D eigenvalue weighted by Crippen LogP contribution is -2.66. The zero-order chi connectivity index (χ0) is 38.1. The maximum atomic E-state index is 14.6. The highest BCUT2D eigenvalue weighted by Gasteiger charge is 2.56. The summed E-state index contributed by atoms with van der Waals surface area (Å²) >= 11 is 0. The van der Waals surface area contributed by atoms with E-state index in [0.29, 0.717) is 12.8 Å². The average Bonchev–Trinajstić information content (AvgIpc) is 3.21. The van der Waals surface area contributed by atoms with Crippen molar-refractivity contribution in [1.29, 1.82) is 0 Å². The van der Waals surface area contributed by atoms with Crippen LogP contribution >= 0.6 is 7.60 Å². The molecule has 6 rings (SSSR count). The standard InChI is InChI=1S/C46H59O8P/c47-41-42(50-32-36-22-12-8-13-23-36)44(51-33-37-24-14-9-15-25-37)46(53-35-39-28-18-11-19-29-39)45(52-34-38-26-16-10-17-27-38)43(41)54-55(48,49)40-30-20-6-4-2-1-3-5-7-21-31-40/h8-19,22-29,40-47H,1-7,20-21,30-35H2,(H,48,49)/t41-,42-,43+,44-,45-,46-/m1/s1. The number of hydrogen-bond acceptors (Lipinski definition) is 7. The van der Waals surface area contributed by atoms with Gasteiger partial charge in [0, 0.05) is 0 Å². The number of hydrogen-bond donors (Lipinski definition) is 2. The molecule has 0 aromatic heterocycles. The molecule has 0 saturated heterocycles. The Morgan fingerprint density at radius 3 is 1.09 bits per heavy atom. The summed E-state index contributed by atoms with van der Waals surface area (Å²) in [6.45, 7) is 0.797. The highest BCUT2D eigenvalue weighted by atomic mass is 31.2. The molecule has 4 aromatic rings. The first-order valence-corrected chi connectivity index (χ1v) is 21.9. The van der Waals surface area contributed by atoms with Gasteiger partial charge in [0.25, 0.3) is 0 Å². The van der Waals surface area contributed by atoms with Crippen LogP contribution in [0, 0.1) is 0 Å². The van der Waals surface area contributed by atoms with E-state index in [1.54, 1.807) is 0 Å². The van der Waals surface area contributed by atoms with Gasteiger partial charge in [0.15, 0.2) is 0 Å². The number of rotatable bonds is 15. The van der Waals surface area contributed by atoms with Crippen molar-refractivity contribution >= 4 is 7.60 Å². The summed E-state index contributed by atoms with van der Waals surface area (Å²) in [6, 6.07) is 39.2. The summed E-state index contributed by atoms with van der Waals surface area (Å²) in [5, 5.41) is 12.5. The topological polar surface area (TPSA) is 104 Å². The first-order valence-electron chi connectivity index (χ1n) is 20.3. The molecular formula is C46H59O8P. The van der Waals surface area contributed by atoms with E-state index in [9.17, 15) is 14.6 Å². The molecule has 2 aliphatic carbocycles. The van der Waals surface area contributed by atoms with Crippen molar-refractivity contribution in [2.24, 2.45) is 0 Å². The molecule has 8 nitrogen and oxygen atoms in total. The van der Waals surface area contributed by atoms with Crippen molar-refractivity contribution in [2.45, 2.75) is 139 Å². The molecule has 296 valence electrons. The first-order chi connectivity index (χ1) is 27.0. The van der Waals surface area contributed by atoms with Gasteiger partial charge < -0.3 is 28.9 Å². The number of aliphatic hydroxyl groups excluding tert-OH is 1. The second kappa shape index (κ2) is 21.9. The highest BCUT2D eigenvalue weighted by molar-refractivity contribution is 7.53. The van der Waals surface area contributed by atoms with E-state index >= 15 is 0 Å². The number of benzene rings is 4. The van der Waals surface area contributed by atoms with Crippen LogP contribution in [0.4, 0.5) is 0 Å². The van der Waals surface area contributed by atoms with Gasteiger partial charge >= 0.3 is 7.60 Å². The number of aliphatic hydroxyl groups is 1. The minimum Gasteiger partial charge on any atom is -0.387 e. The Bertz CT molecular complexity index is 1670. The van der Waals surface area contributed by atoms with Gasteiger partial charge in [0.1, 0.15) is 36.6 Å². The molecule has 2 saturated carbocycles. The Morgan fingerprint density at radius 1 is 0.436 bits per heavy atom. The maximum absolute atomic E-state index is 14.6. The van der Waals surface area contributed by atoms with Crippen LogP contribution in [0.3, 0.4) is 0 Å². The quantitative estimate of drug-likeness (QED) is 0.115. The molecule has 2 aliphatic rings. The molecule has 2 fully saturated rings. The summed E-state index contributed by atoms with van der Waals surface area (Å²) in [5.74, 6) is 0. The van der Waals surface area contributed by atoms with Crippen molar-refractivity contribution in [1.82, 2.24) is 0 Å². The molecule has 0 radical (unpaired) electrons. The Balaban J connectivity index is 1.36. The van der Waals surface area contributed by atoms with Crippen molar-refractivity contribution in [3.05, 3.63) is 144 Å². The van der Waals surface area contributed by atoms with Gasteiger partial charge in [0.05, 0.1) is 32.1 Å². The molecule has 2 N–H and O–H groups in total. The van der Waals surface area contributed by atoms with E-state index in [1.165, 1.54) is 19.3 Å². The fourth-order valence-electron chi connectivity index (χ4n) is 7.82. The molecule has 4 aromatic carbocycles. The highest BCUT2D eigenvalue weighted by Crippen LogP contribution is 2.54. The summed E-state index contributed by atoms with van der Waals surface area (Å²) in [6.07, 6.45) is 4.60. The van der Waals surface area contributed by atoms with Crippen LogP contribution in [0.15, 0.2) is 121 Å². The van der Waals surface area contributed by atoms with Gasteiger partial charge in [-0.3, -0.25) is 9.09 Å². The Labute approximate surface area is 327 Å². The number of ether oxygens (including phenoxy) is 4. The third-order valence-corrected chi connectivity index (χ3v) is 12.9. The summed E-state index contributed by atoms with van der Waals surface area (Å²) in [5.41, 5.74) is 3.17. The molecule has 0 amide bonds. The predicted molar refractivity (Wildman–Crippen MR) is 215 cm³/mol. The zero-order valence-corrected chi connectivity index (χ0v) is 32.9. The molecule has 55 heavy (non-hydrogen) atoms. The van der Waals surface area contributed by atoms with E-state index in [2.05, 4.69) is 0 Å². The largest absolute Gasteiger partial charge is 0.387 e. The smallest absolute Gasteiger partial charge is 0.331 e. The third-order valence-electron chi connectivity index (χ3n) is 10.9. The van der Waals surface area contributed by atoms with Crippen LogP contribution in [0.25, 0.3) is 0 Å². The van der Waals surface area contributed by atoms with Gasteiger partial charge in [-0.05, 0) is 35.1 Å². The van der Waals surface area contributed by atoms with E-state index in [-0.39, 0.29) is 26.4 Å². The van der Waals surface area contributed by atoms with Gasteiger partial charge in [-0.25, -0.2) is 0 Å². The maximum Gasteiger partial charge on any atom is 0.331 e. The lowest BCUT2D eigenvalue weighted by molar-refractivity contribution is -0.270. The SMILES string of the molecule is O=P(O)(O[C@H]1[C@H](O)[C@@H](OCc2ccccc2)[C@@H](OCc2ccccc2)[C@@H](OCc2ccccc2)[C@@H]1OCc1ccccc1)C1CCCCCCCCCCC1. The first kappa shape index (κ1) is 41.5. The Morgan fingerprint density at radius 2 is 0.727 bits per heavy atom. The van der Waals surface area contributed by atoms with Crippen LogP contribution in [-0.4, -0.2) is 52.3 Å². The van der Waals surface area contributed by atoms with Gasteiger partial charge in [0.2, 0.25) is 0 Å². The Hall–Kier alpha value is -3.17. The van der Waals surface area contributed by atoms with Gasteiger partial charge in [-0.1, -0.05) is 179 Å². The van der Waals surface area contributed by atoms with E-state index in [4.69, 9.17) is 23.5 Å². The molecule has 9 heteroatoms. The van der Waals surface area contributed by atoms with Crippen molar-refractivity contribution in [3.63, 3.8) is 0 Å². The summed E-state index contributed by atoms with van der Waals surface area (Å²) < 4.78 is 47.9. The van der Waals surface area contributed by atoms with Crippen LogP contribution in [0.2, 0.25) is 0 Å². The molecule has 0 bridgehead atoms. The minimum absolute atomic E-state index is 0.170. The van der Waals surface area contributed by atoms with E-state index in [0.717, 1.165) is 60.8 Å². The van der Waals surface area contributed by atoms with Crippen LogP contribution in [0.1, 0.15) is 92.9 Å². The lowest BCUT2D eigenvalue weighted by atomic mass is 9.84. The second-order valence-corrected chi connectivity index (χ2v) is 17.2. The molecule has 7 atom stereocenters. The van der Waals surface area contributed by atoms with E-state index in [1.807, 2.05) is 121 Å². The zero-order valence-electron chi connectivity index (χ0n) is 32.0. The monoisotopic (exact) mass is 770 g/mol. The van der Waals surface area contributed by atoms with Crippen LogP contribution < -0.4 is 0 Å². The minimum atomic E-state index is -4.29. The molecule has 0 heterocycles. The summed E-state index contributed by atoms with van der Waals surface area (Å²) in [7, 11) is -4.29. The van der Waals surface area contributed by atoms with Gasteiger partial charge in [-0.2, -0.15) is 0 Å². The normalized spacial score (nSPS) is 25.6. The molecule has 0 spiro atoms. The summed E-state index contributed by atoms with van der Waals surface area (Å²) in [4.78, 5) is 12.0. The molecule has 1 unspecified atom stereocenters. The predicted octanol–water partition coefficient (Wildman–Crippen LogP) is 9.95. The second-order valence-electron chi connectivity index (χ2n) is 15.1.